The summed E-state index contributed by atoms with van der Waals surface area (Å²) in [5.74, 6) is 0.749. The first kappa shape index (κ1) is 9.58. The van der Waals surface area contributed by atoms with Gasteiger partial charge in [0, 0.05) is 18.3 Å². The molecular weight excluding hydrogens is 192 g/mol. The lowest BCUT2D eigenvalue weighted by Crippen LogP contribution is -2.34. The number of carbonyl (C=O) groups is 1. The van der Waals surface area contributed by atoms with Gasteiger partial charge in [-0.05, 0) is 18.2 Å². The predicted molar refractivity (Wildman–Crippen MR) is 58.8 cm³/mol. The maximum absolute atomic E-state index is 11.4. The van der Waals surface area contributed by atoms with E-state index in [9.17, 15) is 4.79 Å². The zero-order valence-corrected chi connectivity index (χ0v) is 8.70. The molecule has 1 aromatic rings. The normalized spacial score (nSPS) is 14.7. The molecule has 0 saturated heterocycles. The quantitative estimate of drug-likeness (QED) is 0.761. The van der Waals surface area contributed by atoms with E-state index in [0.717, 1.165) is 17.0 Å². The van der Waals surface area contributed by atoms with Gasteiger partial charge >= 0.3 is 6.03 Å². The van der Waals surface area contributed by atoms with E-state index in [0.29, 0.717) is 5.70 Å². The van der Waals surface area contributed by atoms with Gasteiger partial charge in [-0.1, -0.05) is 6.58 Å². The Labute approximate surface area is 88.1 Å². The van der Waals surface area contributed by atoms with Gasteiger partial charge in [0.25, 0.3) is 0 Å². The molecule has 0 fully saturated rings. The van der Waals surface area contributed by atoms with Crippen LogP contribution in [0.1, 0.15) is 5.56 Å². The Bertz CT molecular complexity index is 440. The van der Waals surface area contributed by atoms with Crippen LogP contribution in [0.3, 0.4) is 0 Å². The van der Waals surface area contributed by atoms with Crippen molar-refractivity contribution < 1.29 is 9.53 Å². The minimum Gasteiger partial charge on any atom is -0.497 e. The number of benzene rings is 1. The van der Waals surface area contributed by atoms with E-state index in [1.54, 1.807) is 20.2 Å². The summed E-state index contributed by atoms with van der Waals surface area (Å²) in [6.45, 7) is 3.87. The largest absolute Gasteiger partial charge is 0.497 e. The van der Waals surface area contributed by atoms with Crippen LogP contribution in [0.25, 0.3) is 5.70 Å². The second-order valence-electron chi connectivity index (χ2n) is 3.35. The maximum Gasteiger partial charge on any atom is 0.326 e. The summed E-state index contributed by atoms with van der Waals surface area (Å²) in [4.78, 5) is 12.9. The number of ether oxygens (including phenoxy) is 1. The Kier molecular flexibility index (Phi) is 2.11. The molecule has 15 heavy (non-hydrogen) atoms. The molecule has 0 aliphatic carbocycles. The fourth-order valence-electron chi connectivity index (χ4n) is 1.50. The number of carbonyl (C=O) groups excluding carboxylic acids is 1. The average Bonchev–Trinajstić information content (AvgIpc) is 2.26. The van der Waals surface area contributed by atoms with Gasteiger partial charge in [-0.2, -0.15) is 0 Å². The third-order valence-corrected chi connectivity index (χ3v) is 2.49. The zero-order chi connectivity index (χ0) is 11.0. The summed E-state index contributed by atoms with van der Waals surface area (Å²) in [6.07, 6.45) is 0. The molecular formula is C11H12N2O2. The Morgan fingerprint density at radius 3 is 2.87 bits per heavy atom. The molecule has 0 spiro atoms. The van der Waals surface area contributed by atoms with E-state index in [1.807, 2.05) is 12.1 Å². The topological polar surface area (TPSA) is 41.6 Å². The van der Waals surface area contributed by atoms with Crippen molar-refractivity contribution >= 4 is 17.4 Å². The Balaban J connectivity index is 2.51. The van der Waals surface area contributed by atoms with Gasteiger partial charge in [0.05, 0.1) is 12.8 Å². The number of anilines is 1. The fraction of sp³-hybridized carbons (Fsp3) is 0.182. The summed E-state index contributed by atoms with van der Waals surface area (Å²) < 4.78 is 5.12. The molecule has 0 atom stereocenters. The number of hydrogen-bond acceptors (Lipinski definition) is 2. The fourth-order valence-corrected chi connectivity index (χ4v) is 1.50. The van der Waals surface area contributed by atoms with E-state index in [2.05, 4.69) is 11.9 Å². The number of amides is 2. The van der Waals surface area contributed by atoms with Crippen LogP contribution >= 0.6 is 0 Å². The lowest BCUT2D eigenvalue weighted by Gasteiger charge is -2.28. The van der Waals surface area contributed by atoms with Gasteiger partial charge < -0.3 is 10.1 Å². The number of nitrogens with one attached hydrogen (secondary N) is 1. The van der Waals surface area contributed by atoms with E-state index in [-0.39, 0.29) is 6.03 Å². The van der Waals surface area contributed by atoms with Crippen LogP contribution in [0.2, 0.25) is 0 Å². The number of hydrogen-bond donors (Lipinski definition) is 1. The van der Waals surface area contributed by atoms with Gasteiger partial charge in [0.15, 0.2) is 0 Å². The molecule has 0 saturated carbocycles. The van der Waals surface area contributed by atoms with Crippen molar-refractivity contribution in [1.82, 2.24) is 4.90 Å². The van der Waals surface area contributed by atoms with Gasteiger partial charge in [-0.3, -0.25) is 4.90 Å². The molecule has 78 valence electrons. The number of rotatable bonds is 1. The molecule has 2 amide bonds. The van der Waals surface area contributed by atoms with Crippen molar-refractivity contribution in [2.24, 2.45) is 0 Å². The van der Waals surface area contributed by atoms with Crippen molar-refractivity contribution in [2.45, 2.75) is 0 Å². The van der Waals surface area contributed by atoms with Crippen molar-refractivity contribution in [3.05, 3.63) is 30.3 Å². The summed E-state index contributed by atoms with van der Waals surface area (Å²) in [7, 11) is 3.29. The number of urea groups is 1. The highest BCUT2D eigenvalue weighted by molar-refractivity contribution is 6.02. The van der Waals surface area contributed by atoms with Crippen molar-refractivity contribution in [3.63, 3.8) is 0 Å². The van der Waals surface area contributed by atoms with Gasteiger partial charge in [0.1, 0.15) is 5.75 Å². The Morgan fingerprint density at radius 1 is 1.47 bits per heavy atom. The van der Waals surface area contributed by atoms with Crippen LogP contribution in [0.15, 0.2) is 24.8 Å². The first-order valence-electron chi connectivity index (χ1n) is 4.55. The molecule has 0 aromatic heterocycles. The van der Waals surface area contributed by atoms with Crippen LogP contribution in [0.4, 0.5) is 10.5 Å². The lowest BCUT2D eigenvalue weighted by molar-refractivity contribution is 0.236. The molecule has 0 unspecified atom stereocenters. The van der Waals surface area contributed by atoms with Crippen LogP contribution in [0, 0.1) is 0 Å². The summed E-state index contributed by atoms with van der Waals surface area (Å²) in [5, 5.41) is 2.76. The Morgan fingerprint density at radius 2 is 2.20 bits per heavy atom. The highest BCUT2D eigenvalue weighted by Crippen LogP contribution is 2.32. The standard InChI is InChI=1S/C11H12N2O2/c1-7-9-6-8(15-3)4-5-10(9)12-11(14)13(7)2/h4-6H,1H2,2-3H3,(H,12,14). The molecule has 1 aromatic carbocycles. The predicted octanol–water partition coefficient (Wildman–Crippen LogP) is 2.14. The number of methoxy groups -OCH3 is 1. The highest BCUT2D eigenvalue weighted by atomic mass is 16.5. The summed E-state index contributed by atoms with van der Waals surface area (Å²) in [5.41, 5.74) is 2.33. The van der Waals surface area contributed by atoms with Crippen molar-refractivity contribution in [1.29, 1.82) is 0 Å². The minimum absolute atomic E-state index is 0.169. The monoisotopic (exact) mass is 204 g/mol. The Hall–Kier alpha value is -1.97. The molecule has 0 radical (unpaired) electrons. The molecule has 1 aliphatic rings. The third kappa shape index (κ3) is 1.44. The van der Waals surface area contributed by atoms with E-state index < -0.39 is 0 Å². The number of fused-ring (bicyclic) bond motifs is 1. The van der Waals surface area contributed by atoms with Crippen LogP contribution in [0.5, 0.6) is 5.75 Å². The zero-order valence-electron chi connectivity index (χ0n) is 8.70. The first-order valence-corrected chi connectivity index (χ1v) is 4.55. The van der Waals surface area contributed by atoms with Gasteiger partial charge in [0.2, 0.25) is 0 Å². The second-order valence-corrected chi connectivity index (χ2v) is 3.35. The highest BCUT2D eigenvalue weighted by Gasteiger charge is 2.23. The molecule has 1 heterocycles. The lowest BCUT2D eigenvalue weighted by atomic mass is 10.1. The van der Waals surface area contributed by atoms with Crippen LogP contribution in [-0.4, -0.2) is 25.1 Å². The molecule has 0 bridgehead atoms. The SMILES string of the molecule is C=C1c2cc(OC)ccc2NC(=O)N1C. The van der Waals surface area contributed by atoms with Crippen LogP contribution in [-0.2, 0) is 0 Å². The van der Waals surface area contributed by atoms with Crippen LogP contribution < -0.4 is 10.1 Å². The van der Waals surface area contributed by atoms with E-state index in [1.165, 1.54) is 4.90 Å². The second kappa shape index (κ2) is 3.31. The summed E-state index contributed by atoms with van der Waals surface area (Å²) >= 11 is 0. The van der Waals surface area contributed by atoms with Gasteiger partial charge in [-0.25, -0.2) is 4.79 Å². The number of nitrogens with zero attached hydrogens (tertiary/aromatic N) is 1. The first-order chi connectivity index (χ1) is 7.13. The molecule has 1 N–H and O–H groups in total. The molecule has 4 nitrogen and oxygen atoms in total. The molecule has 2 rings (SSSR count). The summed E-state index contributed by atoms with van der Waals surface area (Å²) in [6, 6.07) is 5.30. The smallest absolute Gasteiger partial charge is 0.326 e. The maximum atomic E-state index is 11.4. The minimum atomic E-state index is -0.169. The average molecular weight is 204 g/mol. The van der Waals surface area contributed by atoms with E-state index in [4.69, 9.17) is 4.74 Å². The van der Waals surface area contributed by atoms with Gasteiger partial charge in [-0.15, -0.1) is 0 Å². The molecule has 4 heteroatoms. The third-order valence-electron chi connectivity index (χ3n) is 2.49. The van der Waals surface area contributed by atoms with Crippen molar-refractivity contribution in [3.8, 4) is 5.75 Å². The van der Waals surface area contributed by atoms with E-state index >= 15 is 0 Å². The van der Waals surface area contributed by atoms with Crippen molar-refractivity contribution in [2.75, 3.05) is 19.5 Å². The molecule has 1 aliphatic heterocycles.